The number of fused-ring (bicyclic) bond motifs is 8. The van der Waals surface area contributed by atoms with Gasteiger partial charge in [0.15, 0.2) is 0 Å². The van der Waals surface area contributed by atoms with Gasteiger partial charge in [-0.25, -0.2) is 0 Å². The molecule has 1 heterocycles. The lowest BCUT2D eigenvalue weighted by Crippen LogP contribution is -1.94. The summed E-state index contributed by atoms with van der Waals surface area (Å²) in [4.78, 5) is 0. The van der Waals surface area contributed by atoms with Gasteiger partial charge in [0.2, 0.25) is 0 Å². The minimum absolute atomic E-state index is 0.897. The summed E-state index contributed by atoms with van der Waals surface area (Å²) in [5.74, 6) is 0. The van der Waals surface area contributed by atoms with Crippen LogP contribution in [0.15, 0.2) is 199 Å². The normalized spacial score (nSPS) is 11.8. The molecule has 0 unspecified atom stereocenters. The quantitative estimate of drug-likeness (QED) is 0.134. The van der Waals surface area contributed by atoms with E-state index in [-0.39, 0.29) is 0 Å². The topological polar surface area (TPSA) is 13.1 Å². The Hall–Kier alpha value is -6.96. The van der Waals surface area contributed by atoms with Gasteiger partial charge in [-0.15, -0.1) is 0 Å². The van der Waals surface area contributed by atoms with Crippen LogP contribution in [-0.2, 0) is 0 Å². The van der Waals surface area contributed by atoms with Crippen molar-refractivity contribution in [2.75, 3.05) is 0 Å². The molecule has 0 atom stereocenters. The van der Waals surface area contributed by atoms with Gasteiger partial charge in [0, 0.05) is 16.3 Å². The Kier molecular flexibility index (Phi) is 6.62. The summed E-state index contributed by atoms with van der Waals surface area (Å²) in [6.45, 7) is 0. The maximum Gasteiger partial charge on any atom is 0.143 e. The van der Waals surface area contributed by atoms with Gasteiger partial charge >= 0.3 is 0 Å². The predicted octanol–water partition coefficient (Wildman–Crippen LogP) is 14.9. The van der Waals surface area contributed by atoms with Crippen LogP contribution in [0.25, 0.3) is 110 Å². The van der Waals surface area contributed by atoms with Gasteiger partial charge in [-0.05, 0) is 100 Å². The van der Waals surface area contributed by atoms with E-state index in [9.17, 15) is 0 Å². The van der Waals surface area contributed by atoms with Gasteiger partial charge in [-0.2, -0.15) is 0 Å². The second-order valence-electron chi connectivity index (χ2n) is 13.9. The third-order valence-electron chi connectivity index (χ3n) is 11.1. The van der Waals surface area contributed by atoms with Crippen LogP contribution in [0.2, 0.25) is 0 Å². The molecule has 11 rings (SSSR count). The Balaban J connectivity index is 1.29. The van der Waals surface area contributed by atoms with E-state index < -0.39 is 0 Å². The molecule has 246 valence electrons. The molecule has 53 heavy (non-hydrogen) atoms. The second kappa shape index (κ2) is 11.8. The Labute approximate surface area is 307 Å². The maximum absolute atomic E-state index is 6.76. The summed E-state index contributed by atoms with van der Waals surface area (Å²) in [6.07, 6.45) is 0. The molecule has 0 spiro atoms. The molecular formula is C52H32O. The standard InChI is InChI=1S/C52H32O/c1-3-16-33(17-4-1)37-30-31-45(51-43-26-13-14-29-47(43)53-52(37)51)49-41-24-11-9-22-39(41)48(40-23-10-12-25-42(40)49)44-28-15-27-38-36-21-8-7-20-35(36)32-46(50(38)44)34-18-5-2-6-19-34/h1-32H. The molecule has 0 fully saturated rings. The molecule has 0 saturated carbocycles. The molecule has 0 amide bonds. The van der Waals surface area contributed by atoms with Gasteiger partial charge in [0.1, 0.15) is 11.2 Å². The molecule has 1 heteroatoms. The lowest BCUT2D eigenvalue weighted by atomic mass is 9.82. The van der Waals surface area contributed by atoms with E-state index in [1.54, 1.807) is 0 Å². The van der Waals surface area contributed by atoms with Crippen LogP contribution in [0, 0.1) is 0 Å². The van der Waals surface area contributed by atoms with Gasteiger partial charge in [0.05, 0.1) is 0 Å². The molecule has 10 aromatic carbocycles. The third-order valence-corrected chi connectivity index (χ3v) is 11.1. The van der Waals surface area contributed by atoms with Crippen molar-refractivity contribution in [1.82, 2.24) is 0 Å². The molecule has 0 aliphatic heterocycles. The van der Waals surface area contributed by atoms with Gasteiger partial charge in [-0.3, -0.25) is 0 Å². The Morgan fingerprint density at radius 1 is 0.283 bits per heavy atom. The highest BCUT2D eigenvalue weighted by Gasteiger charge is 2.23. The number of rotatable bonds is 4. The number of furan rings is 1. The lowest BCUT2D eigenvalue weighted by Gasteiger charge is -2.21. The molecular weight excluding hydrogens is 641 g/mol. The van der Waals surface area contributed by atoms with E-state index in [1.165, 1.54) is 76.5 Å². The first-order valence-electron chi connectivity index (χ1n) is 18.3. The van der Waals surface area contributed by atoms with Crippen LogP contribution in [0.5, 0.6) is 0 Å². The van der Waals surface area contributed by atoms with E-state index in [4.69, 9.17) is 4.42 Å². The van der Waals surface area contributed by atoms with E-state index in [0.717, 1.165) is 33.1 Å². The fourth-order valence-electron chi connectivity index (χ4n) is 8.81. The fourth-order valence-corrected chi connectivity index (χ4v) is 8.81. The third kappa shape index (κ3) is 4.51. The number of hydrogen-bond donors (Lipinski definition) is 0. The number of hydrogen-bond acceptors (Lipinski definition) is 1. The van der Waals surface area contributed by atoms with Crippen molar-refractivity contribution in [1.29, 1.82) is 0 Å². The summed E-state index contributed by atoms with van der Waals surface area (Å²) in [5.41, 5.74) is 11.4. The Morgan fingerprint density at radius 3 is 1.40 bits per heavy atom. The highest BCUT2D eigenvalue weighted by atomic mass is 16.3. The number of para-hydroxylation sites is 1. The zero-order chi connectivity index (χ0) is 34.9. The van der Waals surface area contributed by atoms with Crippen molar-refractivity contribution in [2.45, 2.75) is 0 Å². The average Bonchev–Trinajstić information content (AvgIpc) is 3.63. The number of benzene rings is 10. The summed E-state index contributed by atoms with van der Waals surface area (Å²) in [6, 6.07) is 70.4. The van der Waals surface area contributed by atoms with Crippen molar-refractivity contribution < 1.29 is 4.42 Å². The summed E-state index contributed by atoms with van der Waals surface area (Å²) in [7, 11) is 0. The molecule has 0 bridgehead atoms. The van der Waals surface area contributed by atoms with Crippen molar-refractivity contribution in [3.63, 3.8) is 0 Å². The first-order valence-corrected chi connectivity index (χ1v) is 18.3. The SMILES string of the molecule is c1ccc(-c2ccc(-c3c4ccccc4c(-c4cccc5c4c(-c4ccccc4)cc4ccccc45)c4ccccc34)c3c2oc2ccccc23)cc1. The monoisotopic (exact) mass is 672 g/mol. The fraction of sp³-hybridized carbons (Fsp3) is 0. The van der Waals surface area contributed by atoms with E-state index in [0.29, 0.717) is 0 Å². The van der Waals surface area contributed by atoms with Gasteiger partial charge < -0.3 is 4.42 Å². The van der Waals surface area contributed by atoms with Crippen molar-refractivity contribution in [2.24, 2.45) is 0 Å². The molecule has 1 nitrogen and oxygen atoms in total. The minimum Gasteiger partial charge on any atom is -0.455 e. The zero-order valence-corrected chi connectivity index (χ0v) is 28.9. The zero-order valence-electron chi connectivity index (χ0n) is 28.9. The van der Waals surface area contributed by atoms with Crippen LogP contribution in [0.4, 0.5) is 0 Å². The molecule has 1 aromatic heterocycles. The summed E-state index contributed by atoms with van der Waals surface area (Å²) < 4.78 is 6.76. The largest absolute Gasteiger partial charge is 0.455 e. The molecule has 0 aliphatic rings. The molecule has 11 aromatic rings. The second-order valence-corrected chi connectivity index (χ2v) is 13.9. The maximum atomic E-state index is 6.76. The smallest absolute Gasteiger partial charge is 0.143 e. The predicted molar refractivity (Wildman–Crippen MR) is 225 cm³/mol. The van der Waals surface area contributed by atoms with Crippen LogP contribution in [-0.4, -0.2) is 0 Å². The summed E-state index contributed by atoms with van der Waals surface area (Å²) >= 11 is 0. The van der Waals surface area contributed by atoms with Crippen molar-refractivity contribution >= 4 is 65.0 Å². The van der Waals surface area contributed by atoms with E-state index in [1.807, 2.05) is 0 Å². The highest BCUT2D eigenvalue weighted by molar-refractivity contribution is 6.29. The Bertz CT molecular complexity index is 3150. The lowest BCUT2D eigenvalue weighted by molar-refractivity contribution is 0.670. The van der Waals surface area contributed by atoms with Crippen molar-refractivity contribution in [3.8, 4) is 44.5 Å². The first-order chi connectivity index (χ1) is 26.3. The van der Waals surface area contributed by atoms with Crippen LogP contribution in [0.3, 0.4) is 0 Å². The first kappa shape index (κ1) is 29.7. The molecule has 0 radical (unpaired) electrons. The van der Waals surface area contributed by atoms with Crippen LogP contribution >= 0.6 is 0 Å². The van der Waals surface area contributed by atoms with Crippen LogP contribution in [0.1, 0.15) is 0 Å². The molecule has 0 N–H and O–H groups in total. The Morgan fingerprint density at radius 2 is 0.755 bits per heavy atom. The molecule has 0 saturated heterocycles. The average molecular weight is 673 g/mol. The molecule has 0 aliphatic carbocycles. The minimum atomic E-state index is 0.897. The van der Waals surface area contributed by atoms with Gasteiger partial charge in [0.25, 0.3) is 0 Å². The highest BCUT2D eigenvalue weighted by Crippen LogP contribution is 2.50. The van der Waals surface area contributed by atoms with E-state index >= 15 is 0 Å². The van der Waals surface area contributed by atoms with E-state index in [2.05, 4.69) is 194 Å². The van der Waals surface area contributed by atoms with Gasteiger partial charge in [-0.1, -0.05) is 176 Å². The van der Waals surface area contributed by atoms with Crippen LogP contribution < -0.4 is 0 Å². The van der Waals surface area contributed by atoms with Crippen molar-refractivity contribution in [3.05, 3.63) is 194 Å². The summed E-state index contributed by atoms with van der Waals surface area (Å²) in [5, 5.41) is 12.2.